The molecule has 0 radical (unpaired) electrons. The monoisotopic (exact) mass is 422 g/mol. The highest BCUT2D eigenvalue weighted by Crippen LogP contribution is 2.38. The van der Waals surface area contributed by atoms with Gasteiger partial charge in [0.25, 0.3) is 5.91 Å². The van der Waals surface area contributed by atoms with E-state index in [1.165, 1.54) is 17.7 Å². The zero-order chi connectivity index (χ0) is 20.8. The number of hydrogen-bond donors (Lipinski definition) is 0. The van der Waals surface area contributed by atoms with Crippen molar-refractivity contribution in [1.29, 1.82) is 0 Å². The molecule has 30 heavy (non-hydrogen) atoms. The molecule has 4 aromatic rings. The highest BCUT2D eigenvalue weighted by Gasteiger charge is 2.33. The molecule has 5 rings (SSSR count). The first kappa shape index (κ1) is 18.7. The molecule has 0 spiro atoms. The van der Waals surface area contributed by atoms with Crippen LogP contribution in [0.2, 0.25) is 0 Å². The average molecular weight is 422 g/mol. The number of carbonyl (C=O) groups excluding carboxylic acids is 1. The second-order valence-electron chi connectivity index (χ2n) is 7.40. The van der Waals surface area contributed by atoms with Gasteiger partial charge in [0.2, 0.25) is 0 Å². The number of aryl methyl sites for hydroxylation is 1. The minimum Gasteiger partial charge on any atom is -0.355 e. The molecule has 1 atom stereocenters. The lowest BCUT2D eigenvalue weighted by atomic mass is 9.88. The van der Waals surface area contributed by atoms with E-state index in [-0.39, 0.29) is 28.8 Å². The van der Waals surface area contributed by atoms with Crippen molar-refractivity contribution in [3.8, 4) is 11.3 Å². The van der Waals surface area contributed by atoms with Crippen LogP contribution in [0.25, 0.3) is 11.3 Å². The van der Waals surface area contributed by atoms with Gasteiger partial charge in [-0.15, -0.1) is 11.3 Å². The average Bonchev–Trinajstić information content (AvgIpc) is 3.48. The van der Waals surface area contributed by atoms with E-state index in [0.29, 0.717) is 13.1 Å². The molecular formula is C22H19FN4O2S. The van der Waals surface area contributed by atoms with Crippen LogP contribution < -0.4 is 0 Å². The summed E-state index contributed by atoms with van der Waals surface area (Å²) in [5.74, 6) is -0.353. The highest BCUT2D eigenvalue weighted by molar-refractivity contribution is 7.10. The van der Waals surface area contributed by atoms with Crippen LogP contribution in [0.15, 0.2) is 52.5 Å². The fraction of sp³-hybridized carbons (Fsp3) is 0.227. The van der Waals surface area contributed by atoms with Crippen LogP contribution in [0.4, 0.5) is 4.39 Å². The third-order valence-corrected chi connectivity index (χ3v) is 6.62. The number of amides is 1. The van der Waals surface area contributed by atoms with E-state index in [1.807, 2.05) is 24.9 Å². The maximum atomic E-state index is 14.1. The van der Waals surface area contributed by atoms with E-state index < -0.39 is 5.82 Å². The molecule has 0 saturated heterocycles. The van der Waals surface area contributed by atoms with Crippen LogP contribution in [-0.4, -0.2) is 32.3 Å². The largest absolute Gasteiger partial charge is 0.355 e. The number of rotatable bonds is 3. The van der Waals surface area contributed by atoms with Gasteiger partial charge in [0, 0.05) is 41.7 Å². The molecule has 0 bridgehead atoms. The molecule has 152 valence electrons. The molecule has 0 N–H and O–H groups in total. The number of fused-ring (bicyclic) bond motifs is 1. The molecule has 6 nitrogen and oxygen atoms in total. The summed E-state index contributed by atoms with van der Waals surface area (Å²) in [6.07, 6.45) is 1.88. The van der Waals surface area contributed by atoms with Crippen molar-refractivity contribution in [2.75, 3.05) is 6.54 Å². The van der Waals surface area contributed by atoms with Crippen molar-refractivity contribution in [2.24, 2.45) is 7.05 Å². The Hall–Kier alpha value is -3.26. The first-order valence-corrected chi connectivity index (χ1v) is 10.5. The Kier molecular flexibility index (Phi) is 4.51. The van der Waals surface area contributed by atoms with Gasteiger partial charge in [-0.05, 0) is 36.1 Å². The number of carbonyl (C=O) groups is 1. The summed E-state index contributed by atoms with van der Waals surface area (Å²) in [6, 6.07) is 9.91. The first-order chi connectivity index (χ1) is 14.5. The summed E-state index contributed by atoms with van der Waals surface area (Å²) in [5.41, 5.74) is 3.89. The Bertz CT molecular complexity index is 1240. The van der Waals surface area contributed by atoms with Gasteiger partial charge in [-0.25, -0.2) is 4.39 Å². The van der Waals surface area contributed by atoms with Gasteiger partial charge in [0.15, 0.2) is 11.5 Å². The van der Waals surface area contributed by atoms with Gasteiger partial charge in [0.05, 0.1) is 18.3 Å². The lowest BCUT2D eigenvalue weighted by molar-refractivity contribution is 0.0717. The maximum Gasteiger partial charge on any atom is 0.276 e. The second-order valence-corrected chi connectivity index (χ2v) is 8.40. The molecule has 1 aromatic carbocycles. The fourth-order valence-electron chi connectivity index (χ4n) is 3.95. The third-order valence-electron chi connectivity index (χ3n) is 5.70. The Morgan fingerprint density at radius 2 is 2.10 bits per heavy atom. The molecule has 0 aliphatic carbocycles. The molecule has 1 aliphatic heterocycles. The predicted octanol–water partition coefficient (Wildman–Crippen LogP) is 4.37. The molecule has 3 aromatic heterocycles. The number of aromatic nitrogens is 3. The molecule has 0 saturated carbocycles. The summed E-state index contributed by atoms with van der Waals surface area (Å²) in [6.45, 7) is 3.08. The summed E-state index contributed by atoms with van der Waals surface area (Å²) in [7, 11) is 1.92. The van der Waals surface area contributed by atoms with Crippen molar-refractivity contribution in [2.45, 2.75) is 19.4 Å². The van der Waals surface area contributed by atoms with Crippen molar-refractivity contribution in [3.05, 3.63) is 81.2 Å². The second kappa shape index (κ2) is 7.21. The van der Waals surface area contributed by atoms with E-state index >= 15 is 0 Å². The van der Waals surface area contributed by atoms with E-state index in [2.05, 4.69) is 21.7 Å². The molecule has 1 aliphatic rings. The topological polar surface area (TPSA) is 64.2 Å². The predicted molar refractivity (Wildman–Crippen MR) is 111 cm³/mol. The van der Waals surface area contributed by atoms with Crippen LogP contribution in [-0.2, 0) is 13.6 Å². The SMILES string of the molecule is Cc1c(C2CN(C(=O)c3cc(-c4ccccc4F)on3)Cc3sccc32)cnn1C. The Labute approximate surface area is 176 Å². The van der Waals surface area contributed by atoms with Gasteiger partial charge < -0.3 is 9.42 Å². The standard InChI is InChI=1S/C22H19FN4O2S/c1-13-16(10-24-26(13)2)17-11-27(12-21-14(17)7-8-30-21)22(28)19-9-20(29-25-19)15-5-3-4-6-18(15)23/h3-10,17H,11-12H2,1-2H3. The first-order valence-electron chi connectivity index (χ1n) is 9.58. The number of halogens is 1. The van der Waals surface area contributed by atoms with Crippen LogP contribution >= 0.6 is 11.3 Å². The number of hydrogen-bond acceptors (Lipinski definition) is 5. The molecular weight excluding hydrogens is 403 g/mol. The zero-order valence-electron chi connectivity index (χ0n) is 16.5. The van der Waals surface area contributed by atoms with Crippen molar-refractivity contribution in [1.82, 2.24) is 19.8 Å². The molecule has 1 amide bonds. The number of benzene rings is 1. The summed E-state index contributed by atoms with van der Waals surface area (Å²) in [5, 5.41) is 10.4. The maximum absolute atomic E-state index is 14.1. The van der Waals surface area contributed by atoms with Gasteiger partial charge in [-0.3, -0.25) is 9.48 Å². The van der Waals surface area contributed by atoms with Crippen molar-refractivity contribution < 1.29 is 13.7 Å². The summed E-state index contributed by atoms with van der Waals surface area (Å²) >= 11 is 1.64. The minimum absolute atomic E-state index is 0.0515. The van der Waals surface area contributed by atoms with Gasteiger partial charge in [-0.1, -0.05) is 17.3 Å². The minimum atomic E-state index is -0.416. The highest BCUT2D eigenvalue weighted by atomic mass is 32.1. The lowest BCUT2D eigenvalue weighted by Gasteiger charge is -2.32. The lowest BCUT2D eigenvalue weighted by Crippen LogP contribution is -2.38. The molecule has 8 heteroatoms. The van der Waals surface area contributed by atoms with E-state index in [0.717, 1.165) is 16.1 Å². The van der Waals surface area contributed by atoms with Gasteiger partial charge in [-0.2, -0.15) is 5.10 Å². The van der Waals surface area contributed by atoms with Crippen LogP contribution in [0.1, 0.15) is 38.1 Å². The van der Waals surface area contributed by atoms with Gasteiger partial charge >= 0.3 is 0 Å². The molecule has 1 unspecified atom stereocenters. The fourth-order valence-corrected chi connectivity index (χ4v) is 4.91. The quantitative estimate of drug-likeness (QED) is 0.492. The van der Waals surface area contributed by atoms with E-state index in [1.54, 1.807) is 34.4 Å². The summed E-state index contributed by atoms with van der Waals surface area (Å²) in [4.78, 5) is 16.2. The van der Waals surface area contributed by atoms with Crippen LogP contribution in [0.5, 0.6) is 0 Å². The molecule has 0 fully saturated rings. The van der Waals surface area contributed by atoms with Crippen LogP contribution in [0.3, 0.4) is 0 Å². The van der Waals surface area contributed by atoms with Gasteiger partial charge in [0.1, 0.15) is 5.82 Å². The summed E-state index contributed by atoms with van der Waals surface area (Å²) < 4.78 is 21.2. The van der Waals surface area contributed by atoms with E-state index in [9.17, 15) is 9.18 Å². The smallest absolute Gasteiger partial charge is 0.276 e. The van der Waals surface area contributed by atoms with Crippen molar-refractivity contribution in [3.63, 3.8) is 0 Å². The van der Waals surface area contributed by atoms with Crippen LogP contribution in [0, 0.1) is 12.7 Å². The number of nitrogens with zero attached hydrogens (tertiary/aromatic N) is 4. The normalized spacial score (nSPS) is 16.0. The van der Waals surface area contributed by atoms with Crippen molar-refractivity contribution >= 4 is 17.2 Å². The Morgan fingerprint density at radius 1 is 1.27 bits per heavy atom. The zero-order valence-corrected chi connectivity index (χ0v) is 17.3. The van der Waals surface area contributed by atoms with E-state index in [4.69, 9.17) is 4.52 Å². The molecule has 4 heterocycles. The third kappa shape index (κ3) is 3.04. The Morgan fingerprint density at radius 3 is 2.87 bits per heavy atom. The Balaban J connectivity index is 1.46. The number of thiophene rings is 1.